The zero-order chi connectivity index (χ0) is 31.1. The van der Waals surface area contributed by atoms with Gasteiger partial charge in [-0.2, -0.15) is 0 Å². The average molecular weight is 615 g/mol. The van der Waals surface area contributed by atoms with Gasteiger partial charge in [-0.1, -0.05) is 36.4 Å². The molecule has 5 aromatic rings. The maximum atomic E-state index is 14.1. The molecule has 2 heterocycles. The molecule has 2 aromatic heterocycles. The summed E-state index contributed by atoms with van der Waals surface area (Å²) in [5.41, 5.74) is 3.21. The van der Waals surface area contributed by atoms with E-state index in [2.05, 4.69) is 5.32 Å². The SMILES string of the molecule is CCOC(=O)Oc1cn(Cc2ccccc2OC)c2sc(-c3ccc(OC)cc3)c(CNCc3ccccc3OC)c2c1=O. The Hall–Kier alpha value is -4.80. The number of rotatable bonds is 12. The van der Waals surface area contributed by atoms with Gasteiger partial charge in [0.05, 0.1) is 46.1 Å². The van der Waals surface area contributed by atoms with Crippen LogP contribution in [0.3, 0.4) is 0 Å². The molecule has 0 aliphatic carbocycles. The van der Waals surface area contributed by atoms with Crippen molar-refractivity contribution < 1.29 is 28.5 Å². The van der Waals surface area contributed by atoms with Crippen LogP contribution in [0.15, 0.2) is 83.8 Å². The quantitative estimate of drug-likeness (QED) is 0.157. The minimum Gasteiger partial charge on any atom is -0.497 e. The molecule has 0 aliphatic rings. The minimum absolute atomic E-state index is 0.115. The molecule has 3 aromatic carbocycles. The number of hydrogen-bond acceptors (Lipinski definition) is 9. The highest BCUT2D eigenvalue weighted by Crippen LogP contribution is 2.39. The summed E-state index contributed by atoms with van der Waals surface area (Å²) < 4.78 is 28.9. The van der Waals surface area contributed by atoms with Crippen LogP contribution in [-0.4, -0.2) is 38.7 Å². The van der Waals surface area contributed by atoms with Gasteiger partial charge in [0.15, 0.2) is 5.75 Å². The summed E-state index contributed by atoms with van der Waals surface area (Å²) in [6.45, 7) is 3.05. The molecule has 1 N–H and O–H groups in total. The van der Waals surface area contributed by atoms with Crippen molar-refractivity contribution in [1.29, 1.82) is 0 Å². The van der Waals surface area contributed by atoms with E-state index in [4.69, 9.17) is 23.7 Å². The number of ether oxygens (including phenoxy) is 5. The molecule has 0 fully saturated rings. The smallest absolute Gasteiger partial charge is 0.497 e. The van der Waals surface area contributed by atoms with Crippen molar-refractivity contribution in [2.45, 2.75) is 26.6 Å². The molecule has 0 amide bonds. The molecule has 0 saturated carbocycles. The first kappa shape index (κ1) is 30.7. The number of hydrogen-bond donors (Lipinski definition) is 1. The summed E-state index contributed by atoms with van der Waals surface area (Å²) in [6.07, 6.45) is 0.628. The highest BCUT2D eigenvalue weighted by atomic mass is 32.1. The summed E-state index contributed by atoms with van der Waals surface area (Å²) in [5, 5.41) is 3.96. The number of nitrogens with one attached hydrogen (secondary N) is 1. The summed E-state index contributed by atoms with van der Waals surface area (Å²) in [7, 11) is 4.88. The number of fused-ring (bicyclic) bond motifs is 1. The predicted molar refractivity (Wildman–Crippen MR) is 171 cm³/mol. The van der Waals surface area contributed by atoms with Gasteiger partial charge in [-0.05, 0) is 54.4 Å². The fraction of sp³-hybridized carbons (Fsp3) is 0.235. The van der Waals surface area contributed by atoms with Crippen molar-refractivity contribution in [3.8, 4) is 33.4 Å². The molecule has 0 saturated heterocycles. The van der Waals surface area contributed by atoms with E-state index < -0.39 is 11.6 Å². The van der Waals surface area contributed by atoms with Crippen LogP contribution < -0.4 is 29.7 Å². The Kier molecular flexibility index (Phi) is 9.83. The molecule has 5 rings (SSSR count). The molecule has 9 nitrogen and oxygen atoms in total. The number of thiophene rings is 1. The fourth-order valence-electron chi connectivity index (χ4n) is 5.03. The minimum atomic E-state index is -0.936. The van der Waals surface area contributed by atoms with E-state index in [9.17, 15) is 9.59 Å². The van der Waals surface area contributed by atoms with E-state index in [0.29, 0.717) is 30.8 Å². The first-order valence-corrected chi connectivity index (χ1v) is 14.9. The molecule has 0 unspecified atom stereocenters. The van der Waals surface area contributed by atoms with Gasteiger partial charge in [0.2, 0.25) is 5.43 Å². The van der Waals surface area contributed by atoms with Crippen LogP contribution >= 0.6 is 11.3 Å². The fourth-order valence-corrected chi connectivity index (χ4v) is 6.33. The molecule has 10 heteroatoms. The van der Waals surface area contributed by atoms with E-state index in [0.717, 1.165) is 43.5 Å². The Balaban J connectivity index is 1.67. The lowest BCUT2D eigenvalue weighted by atomic mass is 10.1. The number of aromatic nitrogens is 1. The molecular weight excluding hydrogens is 580 g/mol. The van der Waals surface area contributed by atoms with E-state index in [-0.39, 0.29) is 12.4 Å². The number of carbonyl (C=O) groups excluding carboxylic acids is 1. The van der Waals surface area contributed by atoms with Crippen LogP contribution in [0.4, 0.5) is 4.79 Å². The third-order valence-electron chi connectivity index (χ3n) is 7.12. The average Bonchev–Trinajstić information content (AvgIpc) is 3.43. The predicted octanol–water partition coefficient (Wildman–Crippen LogP) is 6.63. The van der Waals surface area contributed by atoms with Crippen LogP contribution in [0, 0.1) is 0 Å². The lowest BCUT2D eigenvalue weighted by Crippen LogP contribution is -2.20. The van der Waals surface area contributed by atoms with E-state index in [1.54, 1.807) is 34.4 Å². The maximum Gasteiger partial charge on any atom is 0.514 e. The first-order chi connectivity index (χ1) is 21.5. The summed E-state index contributed by atoms with van der Waals surface area (Å²) in [5.74, 6) is 2.09. The van der Waals surface area contributed by atoms with Crippen LogP contribution in [0.1, 0.15) is 23.6 Å². The van der Waals surface area contributed by atoms with Gasteiger partial charge < -0.3 is 33.6 Å². The molecule has 44 heavy (non-hydrogen) atoms. The Morgan fingerprint density at radius 3 is 2.14 bits per heavy atom. The Morgan fingerprint density at radius 2 is 1.48 bits per heavy atom. The second-order valence-corrected chi connectivity index (χ2v) is 10.8. The lowest BCUT2D eigenvalue weighted by molar-refractivity contribution is 0.104. The van der Waals surface area contributed by atoms with Crippen molar-refractivity contribution in [2.24, 2.45) is 0 Å². The van der Waals surface area contributed by atoms with Crippen molar-refractivity contribution in [3.63, 3.8) is 0 Å². The maximum absolute atomic E-state index is 14.1. The van der Waals surface area contributed by atoms with Gasteiger partial charge in [0.25, 0.3) is 0 Å². The Bertz CT molecular complexity index is 1810. The van der Waals surface area contributed by atoms with Crippen LogP contribution in [-0.2, 0) is 24.4 Å². The second kappa shape index (κ2) is 14.1. The third-order valence-corrected chi connectivity index (χ3v) is 8.44. The molecule has 228 valence electrons. The molecule has 0 radical (unpaired) electrons. The van der Waals surface area contributed by atoms with Crippen molar-refractivity contribution in [1.82, 2.24) is 9.88 Å². The van der Waals surface area contributed by atoms with Crippen molar-refractivity contribution in [3.05, 3.63) is 106 Å². The molecular formula is C34H34N2O7S. The van der Waals surface area contributed by atoms with Crippen LogP contribution in [0.5, 0.6) is 23.0 Å². The van der Waals surface area contributed by atoms with E-state index in [1.807, 2.05) is 77.4 Å². The first-order valence-electron chi connectivity index (χ1n) is 14.1. The van der Waals surface area contributed by atoms with E-state index >= 15 is 0 Å². The van der Waals surface area contributed by atoms with Crippen molar-refractivity contribution >= 4 is 27.7 Å². The third kappa shape index (κ3) is 6.56. The molecule has 0 atom stereocenters. The Morgan fingerprint density at radius 1 is 0.818 bits per heavy atom. The van der Waals surface area contributed by atoms with E-state index in [1.165, 1.54) is 11.3 Å². The largest absolute Gasteiger partial charge is 0.514 e. The summed E-state index contributed by atoms with van der Waals surface area (Å²) in [4.78, 5) is 28.1. The standard InChI is InChI=1S/C34H34N2O7S/c1-5-42-34(38)43-29-21-36(20-24-11-7-9-13-28(24)41-4)33-30(31(29)37)26(19-35-18-23-10-6-8-12-27(23)40-3)32(44-33)22-14-16-25(39-2)17-15-22/h6-17,21,35H,5,18-20H2,1-4H3. The zero-order valence-electron chi connectivity index (χ0n) is 25.0. The van der Waals surface area contributed by atoms with Gasteiger partial charge in [-0.15, -0.1) is 11.3 Å². The van der Waals surface area contributed by atoms with Gasteiger partial charge in [-0.3, -0.25) is 4.79 Å². The number of para-hydroxylation sites is 2. The van der Waals surface area contributed by atoms with Crippen LogP contribution in [0.25, 0.3) is 20.7 Å². The molecule has 0 spiro atoms. The van der Waals surface area contributed by atoms with Crippen molar-refractivity contribution in [2.75, 3.05) is 27.9 Å². The second-order valence-electron chi connectivity index (χ2n) is 9.78. The summed E-state index contributed by atoms with van der Waals surface area (Å²) in [6, 6.07) is 23.2. The Labute approximate surface area is 259 Å². The number of nitrogens with zero attached hydrogens (tertiary/aromatic N) is 1. The van der Waals surface area contributed by atoms with Gasteiger partial charge in [0, 0.05) is 29.1 Å². The monoisotopic (exact) mass is 614 g/mol. The highest BCUT2D eigenvalue weighted by molar-refractivity contribution is 7.22. The zero-order valence-corrected chi connectivity index (χ0v) is 25.9. The number of carbonyl (C=O) groups is 1. The number of benzene rings is 3. The summed E-state index contributed by atoms with van der Waals surface area (Å²) >= 11 is 1.50. The van der Waals surface area contributed by atoms with Crippen LogP contribution in [0.2, 0.25) is 0 Å². The topological polar surface area (TPSA) is 97.2 Å². The van der Waals surface area contributed by atoms with Gasteiger partial charge >= 0.3 is 6.16 Å². The van der Waals surface area contributed by atoms with Gasteiger partial charge in [0.1, 0.15) is 22.1 Å². The molecule has 0 bridgehead atoms. The highest BCUT2D eigenvalue weighted by Gasteiger charge is 2.23. The number of methoxy groups -OCH3 is 3. The lowest BCUT2D eigenvalue weighted by Gasteiger charge is -2.14. The number of pyridine rings is 1. The van der Waals surface area contributed by atoms with Gasteiger partial charge in [-0.25, -0.2) is 4.79 Å². The molecule has 0 aliphatic heterocycles. The normalized spacial score (nSPS) is 10.9.